The van der Waals surface area contributed by atoms with E-state index in [-0.39, 0.29) is 18.4 Å². The van der Waals surface area contributed by atoms with Gasteiger partial charge in [-0.1, -0.05) is 54.1 Å². The number of hydrogen-bond acceptors (Lipinski definition) is 5. The number of aliphatic hydroxyl groups is 1. The zero-order chi connectivity index (χ0) is 26.5. The van der Waals surface area contributed by atoms with Gasteiger partial charge in [-0.15, -0.1) is 0 Å². The van der Waals surface area contributed by atoms with Crippen LogP contribution in [0.3, 0.4) is 0 Å². The average Bonchev–Trinajstić information content (AvgIpc) is 3.45. The number of para-hydroxylation sites is 1. The van der Waals surface area contributed by atoms with Crippen LogP contribution < -0.4 is 10.6 Å². The third kappa shape index (κ3) is 3.93. The van der Waals surface area contributed by atoms with Crippen molar-refractivity contribution >= 4 is 35.0 Å². The number of aryl methyl sites for hydroxylation is 1. The Balaban J connectivity index is 1.59. The van der Waals surface area contributed by atoms with Gasteiger partial charge in [0.25, 0.3) is 0 Å². The Morgan fingerprint density at radius 2 is 1.89 bits per heavy atom. The Hall–Kier alpha value is -2.94. The minimum atomic E-state index is -1.19. The molecule has 3 aliphatic rings. The molecule has 8 nitrogen and oxygen atoms in total. The summed E-state index contributed by atoms with van der Waals surface area (Å²) >= 11 is 6.42. The highest BCUT2D eigenvalue weighted by Crippen LogP contribution is 2.63. The fraction of sp³-hybridized carbons (Fsp3) is 0.464. The number of hydrogen-bond donors (Lipinski definition) is 3. The number of nitrogens with zero attached hydrogens (tertiary/aromatic N) is 1. The number of halogens is 1. The van der Waals surface area contributed by atoms with Gasteiger partial charge in [0.15, 0.2) is 0 Å². The number of rotatable bonds is 7. The fourth-order valence-corrected chi connectivity index (χ4v) is 7.00. The summed E-state index contributed by atoms with van der Waals surface area (Å²) in [5.41, 5.74) is 0.114. The molecule has 9 heteroatoms. The predicted molar refractivity (Wildman–Crippen MR) is 139 cm³/mol. The van der Waals surface area contributed by atoms with Gasteiger partial charge in [0, 0.05) is 7.05 Å². The Bertz CT molecular complexity index is 1220. The first kappa shape index (κ1) is 25.7. The number of amides is 3. The molecule has 2 aromatic carbocycles. The molecule has 0 radical (unpaired) electrons. The highest BCUT2D eigenvalue weighted by atomic mass is 35.5. The Morgan fingerprint density at radius 1 is 1.16 bits per heavy atom. The molecule has 1 spiro atoms. The highest BCUT2D eigenvalue weighted by molar-refractivity contribution is 6.34. The van der Waals surface area contributed by atoms with Crippen molar-refractivity contribution in [3.8, 4) is 0 Å². The number of benzene rings is 2. The zero-order valence-electron chi connectivity index (χ0n) is 21.2. The van der Waals surface area contributed by atoms with E-state index >= 15 is 0 Å². The smallest absolute Gasteiger partial charge is 0.250 e. The maximum Gasteiger partial charge on any atom is 0.250 e. The molecule has 37 heavy (non-hydrogen) atoms. The highest BCUT2D eigenvalue weighted by Gasteiger charge is 2.78. The van der Waals surface area contributed by atoms with Gasteiger partial charge in [0.1, 0.15) is 11.6 Å². The van der Waals surface area contributed by atoms with Crippen molar-refractivity contribution in [2.24, 2.45) is 11.8 Å². The van der Waals surface area contributed by atoms with Gasteiger partial charge in [-0.05, 0) is 50.3 Å². The molecule has 2 aromatic rings. The number of ether oxygens (including phenoxy) is 1. The number of fused-ring (bicyclic) bond motifs is 1. The Labute approximate surface area is 221 Å². The first-order chi connectivity index (χ1) is 17.7. The van der Waals surface area contributed by atoms with Gasteiger partial charge in [0.05, 0.1) is 40.8 Å². The van der Waals surface area contributed by atoms with Crippen molar-refractivity contribution in [3.05, 3.63) is 64.7 Å². The van der Waals surface area contributed by atoms with Crippen molar-refractivity contribution in [3.63, 3.8) is 0 Å². The van der Waals surface area contributed by atoms with Crippen LogP contribution in [0.5, 0.6) is 0 Å². The summed E-state index contributed by atoms with van der Waals surface area (Å²) in [4.78, 5) is 42.8. The second kappa shape index (κ2) is 9.42. The van der Waals surface area contributed by atoms with Crippen LogP contribution in [-0.2, 0) is 25.5 Å². The molecule has 0 aliphatic carbocycles. The van der Waals surface area contributed by atoms with Crippen molar-refractivity contribution in [1.29, 1.82) is 0 Å². The SMILES string of the molecule is CNC(=O)[C@H]1[C@H]2C(=O)N([C@@H](CO)Cc3ccccc3)C(C(=O)Nc3c(C)cccc3Cl)C23CC[C@]1(C)O3. The van der Waals surface area contributed by atoms with E-state index in [2.05, 4.69) is 10.6 Å². The van der Waals surface area contributed by atoms with Crippen molar-refractivity contribution in [2.75, 3.05) is 19.0 Å². The minimum Gasteiger partial charge on any atom is -0.394 e. The van der Waals surface area contributed by atoms with Gasteiger partial charge >= 0.3 is 0 Å². The van der Waals surface area contributed by atoms with E-state index < -0.39 is 41.0 Å². The van der Waals surface area contributed by atoms with E-state index in [0.717, 1.165) is 11.1 Å². The van der Waals surface area contributed by atoms with Crippen LogP contribution in [0.1, 0.15) is 30.9 Å². The van der Waals surface area contributed by atoms with Crippen LogP contribution in [0, 0.1) is 18.8 Å². The number of nitrogens with one attached hydrogen (secondary N) is 2. The average molecular weight is 526 g/mol. The molecular formula is C28H32ClN3O5. The monoisotopic (exact) mass is 525 g/mol. The molecule has 3 saturated heterocycles. The molecule has 3 fully saturated rings. The van der Waals surface area contributed by atoms with Gasteiger partial charge in [-0.2, -0.15) is 0 Å². The molecule has 0 aromatic heterocycles. The summed E-state index contributed by atoms with van der Waals surface area (Å²) in [6.07, 6.45) is 1.34. The number of aliphatic hydroxyl groups excluding tert-OH is 1. The third-order valence-electron chi connectivity index (χ3n) is 8.38. The van der Waals surface area contributed by atoms with Crippen molar-refractivity contribution in [2.45, 2.75) is 56.4 Å². The molecule has 3 aliphatic heterocycles. The normalized spacial score (nSPS) is 30.8. The largest absolute Gasteiger partial charge is 0.394 e. The van der Waals surface area contributed by atoms with Crippen LogP contribution in [-0.4, -0.2) is 64.7 Å². The summed E-state index contributed by atoms with van der Waals surface area (Å²) in [6.45, 7) is 3.34. The number of likely N-dealkylation sites (tertiary alicyclic amines) is 1. The fourth-order valence-electron chi connectivity index (χ4n) is 6.73. The lowest BCUT2D eigenvalue weighted by Gasteiger charge is -2.37. The van der Waals surface area contributed by atoms with Gasteiger partial charge in [0.2, 0.25) is 17.7 Å². The first-order valence-electron chi connectivity index (χ1n) is 12.6. The van der Waals surface area contributed by atoms with E-state index in [0.29, 0.717) is 30.0 Å². The van der Waals surface area contributed by atoms with E-state index in [1.807, 2.05) is 50.2 Å². The van der Waals surface area contributed by atoms with Crippen LogP contribution in [0.25, 0.3) is 0 Å². The summed E-state index contributed by atoms with van der Waals surface area (Å²) in [7, 11) is 1.54. The molecule has 3 N–H and O–H groups in total. The number of carbonyl (C=O) groups is 3. The first-order valence-corrected chi connectivity index (χ1v) is 13.0. The second-order valence-corrected chi connectivity index (χ2v) is 10.9. The Morgan fingerprint density at radius 3 is 2.54 bits per heavy atom. The van der Waals surface area contributed by atoms with Crippen LogP contribution in [0.2, 0.25) is 5.02 Å². The summed E-state index contributed by atoms with van der Waals surface area (Å²) in [5.74, 6) is -2.64. The molecular weight excluding hydrogens is 494 g/mol. The summed E-state index contributed by atoms with van der Waals surface area (Å²) in [5, 5.41) is 16.5. The topological polar surface area (TPSA) is 108 Å². The van der Waals surface area contributed by atoms with E-state index in [4.69, 9.17) is 16.3 Å². The van der Waals surface area contributed by atoms with Crippen LogP contribution >= 0.6 is 11.6 Å². The molecule has 196 valence electrons. The lowest BCUT2D eigenvalue weighted by Crippen LogP contribution is -2.57. The van der Waals surface area contributed by atoms with Crippen molar-refractivity contribution in [1.82, 2.24) is 10.2 Å². The number of anilines is 1. The molecule has 2 unspecified atom stereocenters. The van der Waals surface area contributed by atoms with Crippen LogP contribution in [0.15, 0.2) is 48.5 Å². The quantitative estimate of drug-likeness (QED) is 0.515. The zero-order valence-corrected chi connectivity index (χ0v) is 21.9. The predicted octanol–water partition coefficient (Wildman–Crippen LogP) is 2.70. The molecule has 6 atom stereocenters. The maximum absolute atomic E-state index is 14.2. The molecule has 3 heterocycles. The lowest BCUT2D eigenvalue weighted by atomic mass is 9.66. The van der Waals surface area contributed by atoms with E-state index in [1.54, 1.807) is 12.1 Å². The van der Waals surface area contributed by atoms with Gasteiger partial charge in [-0.25, -0.2) is 0 Å². The second-order valence-electron chi connectivity index (χ2n) is 10.5. The summed E-state index contributed by atoms with van der Waals surface area (Å²) in [6, 6.07) is 13.1. The summed E-state index contributed by atoms with van der Waals surface area (Å²) < 4.78 is 6.59. The maximum atomic E-state index is 14.2. The molecule has 3 amide bonds. The van der Waals surface area contributed by atoms with Gasteiger partial charge < -0.3 is 25.4 Å². The lowest BCUT2D eigenvalue weighted by molar-refractivity contribution is -0.147. The van der Waals surface area contributed by atoms with E-state index in [1.165, 1.54) is 11.9 Å². The Kier molecular flexibility index (Phi) is 6.54. The molecule has 5 rings (SSSR count). The standard InChI is InChI=1S/C28H32ClN3O5/c1-16-8-7-11-19(29)22(16)31-25(35)23-28-13-12-27(2,37-28)20(24(34)30-3)21(28)26(36)32(23)18(15-33)14-17-9-5-4-6-10-17/h4-11,18,20-21,23,33H,12-15H2,1-3H3,(H,30,34)(H,31,35)/t18-,20-,21+,23?,27+,28?/m1/s1. The van der Waals surface area contributed by atoms with E-state index in [9.17, 15) is 19.5 Å². The third-order valence-corrected chi connectivity index (χ3v) is 8.70. The number of carbonyl (C=O) groups excluding carboxylic acids is 3. The molecule has 2 bridgehead atoms. The van der Waals surface area contributed by atoms with Crippen LogP contribution in [0.4, 0.5) is 5.69 Å². The minimum absolute atomic E-state index is 0.283. The van der Waals surface area contributed by atoms with Gasteiger partial charge in [-0.3, -0.25) is 14.4 Å². The molecule has 0 saturated carbocycles. The van der Waals surface area contributed by atoms with Crippen molar-refractivity contribution < 1.29 is 24.2 Å².